The molecular formula is C18H17NO3. The zero-order valence-electron chi connectivity index (χ0n) is 12.8. The van der Waals surface area contributed by atoms with Crippen molar-refractivity contribution in [2.75, 3.05) is 21.3 Å². The quantitative estimate of drug-likeness (QED) is 0.788. The first-order chi connectivity index (χ1) is 10.7. The normalized spacial score (nSPS) is 10.3. The predicted octanol–water partition coefficient (Wildman–Crippen LogP) is 3.75. The molecule has 0 atom stereocenters. The molecule has 22 heavy (non-hydrogen) atoms. The molecule has 2 aromatic carbocycles. The van der Waals surface area contributed by atoms with Gasteiger partial charge in [0.05, 0.1) is 33.0 Å². The third-order valence-corrected chi connectivity index (χ3v) is 3.24. The highest BCUT2D eigenvalue weighted by Crippen LogP contribution is 2.28. The van der Waals surface area contributed by atoms with E-state index >= 15 is 0 Å². The lowest BCUT2D eigenvalue weighted by Crippen LogP contribution is -1.90. The number of methoxy groups -OCH3 is 3. The van der Waals surface area contributed by atoms with Gasteiger partial charge in [0.2, 0.25) is 0 Å². The van der Waals surface area contributed by atoms with Gasteiger partial charge in [-0.2, -0.15) is 5.26 Å². The summed E-state index contributed by atoms with van der Waals surface area (Å²) < 4.78 is 15.6. The monoisotopic (exact) mass is 295 g/mol. The number of rotatable bonds is 5. The highest BCUT2D eigenvalue weighted by atomic mass is 16.5. The van der Waals surface area contributed by atoms with Crippen LogP contribution in [0.2, 0.25) is 0 Å². The van der Waals surface area contributed by atoms with Gasteiger partial charge in [0.15, 0.2) is 11.5 Å². The largest absolute Gasteiger partial charge is 0.497 e. The topological polar surface area (TPSA) is 51.5 Å². The molecule has 0 radical (unpaired) electrons. The molecule has 0 unspecified atom stereocenters. The zero-order valence-corrected chi connectivity index (χ0v) is 12.8. The van der Waals surface area contributed by atoms with Crippen molar-refractivity contribution in [1.29, 1.82) is 5.26 Å². The van der Waals surface area contributed by atoms with Crippen LogP contribution in [0.5, 0.6) is 17.2 Å². The molecule has 112 valence electrons. The Morgan fingerprint density at radius 1 is 0.864 bits per heavy atom. The van der Waals surface area contributed by atoms with Crippen LogP contribution in [-0.4, -0.2) is 21.3 Å². The summed E-state index contributed by atoms with van der Waals surface area (Å²) in [4.78, 5) is 0. The van der Waals surface area contributed by atoms with Gasteiger partial charge in [0.1, 0.15) is 5.75 Å². The molecular weight excluding hydrogens is 278 g/mol. The van der Waals surface area contributed by atoms with Crippen molar-refractivity contribution < 1.29 is 14.2 Å². The Hall–Kier alpha value is -2.93. The molecule has 0 fully saturated rings. The van der Waals surface area contributed by atoms with Crippen molar-refractivity contribution in [3.8, 4) is 23.3 Å². The van der Waals surface area contributed by atoms with Gasteiger partial charge in [-0.3, -0.25) is 0 Å². The van der Waals surface area contributed by atoms with E-state index in [9.17, 15) is 5.26 Å². The summed E-state index contributed by atoms with van der Waals surface area (Å²) in [7, 11) is 4.78. The Morgan fingerprint density at radius 3 is 2.27 bits per heavy atom. The Morgan fingerprint density at radius 2 is 1.64 bits per heavy atom. The molecule has 0 bridgehead atoms. The maximum Gasteiger partial charge on any atom is 0.161 e. The van der Waals surface area contributed by atoms with Crippen LogP contribution < -0.4 is 14.2 Å². The van der Waals surface area contributed by atoms with Gasteiger partial charge in [-0.25, -0.2) is 0 Å². The van der Waals surface area contributed by atoms with Gasteiger partial charge in [0, 0.05) is 0 Å². The van der Waals surface area contributed by atoms with Gasteiger partial charge in [-0.15, -0.1) is 0 Å². The molecule has 0 aliphatic rings. The average Bonchev–Trinajstić information content (AvgIpc) is 2.59. The molecule has 4 heteroatoms. The first-order valence-corrected chi connectivity index (χ1v) is 6.70. The van der Waals surface area contributed by atoms with Crippen molar-refractivity contribution in [2.24, 2.45) is 0 Å². The SMILES string of the molecule is COc1ccc(/C=C/c2ccc(OC)c(OC)c2)c(C#N)c1. The molecule has 4 nitrogen and oxygen atoms in total. The summed E-state index contributed by atoms with van der Waals surface area (Å²) >= 11 is 0. The summed E-state index contributed by atoms with van der Waals surface area (Å²) in [6, 6.07) is 13.2. The third kappa shape index (κ3) is 3.39. The third-order valence-electron chi connectivity index (χ3n) is 3.24. The Balaban J connectivity index is 2.31. The minimum Gasteiger partial charge on any atom is -0.497 e. The second kappa shape index (κ2) is 7.19. The molecule has 0 amide bonds. The smallest absolute Gasteiger partial charge is 0.161 e. The van der Waals surface area contributed by atoms with Crippen molar-refractivity contribution in [2.45, 2.75) is 0 Å². The van der Waals surface area contributed by atoms with E-state index in [2.05, 4.69) is 6.07 Å². The van der Waals surface area contributed by atoms with E-state index in [1.165, 1.54) is 0 Å². The molecule has 2 aromatic rings. The molecule has 0 heterocycles. The fraction of sp³-hybridized carbons (Fsp3) is 0.167. The number of hydrogen-bond donors (Lipinski definition) is 0. The summed E-state index contributed by atoms with van der Waals surface area (Å²) in [6.07, 6.45) is 3.81. The fourth-order valence-electron chi connectivity index (χ4n) is 2.05. The standard InChI is InChI=1S/C18H17NO3/c1-20-16-8-7-14(15(11-16)12-19)6-4-13-5-9-17(21-2)18(10-13)22-3/h4-11H,1-3H3/b6-4+. The molecule has 0 aliphatic carbocycles. The van der Waals surface area contributed by atoms with E-state index < -0.39 is 0 Å². The first kappa shape index (κ1) is 15.5. The summed E-state index contributed by atoms with van der Waals surface area (Å²) in [5.41, 5.74) is 2.35. The summed E-state index contributed by atoms with van der Waals surface area (Å²) in [5.74, 6) is 2.02. The van der Waals surface area contributed by atoms with E-state index in [1.807, 2.05) is 42.5 Å². The van der Waals surface area contributed by atoms with Gasteiger partial charge < -0.3 is 14.2 Å². The van der Waals surface area contributed by atoms with Crippen LogP contribution in [0, 0.1) is 11.3 Å². The number of benzene rings is 2. The van der Waals surface area contributed by atoms with Crippen LogP contribution in [0.3, 0.4) is 0 Å². The minimum absolute atomic E-state index is 0.566. The van der Waals surface area contributed by atoms with E-state index in [4.69, 9.17) is 14.2 Å². The van der Waals surface area contributed by atoms with Crippen LogP contribution in [0.1, 0.15) is 16.7 Å². The number of nitriles is 1. The lowest BCUT2D eigenvalue weighted by molar-refractivity contribution is 0.355. The van der Waals surface area contributed by atoms with Gasteiger partial charge >= 0.3 is 0 Å². The molecule has 0 aliphatic heterocycles. The van der Waals surface area contributed by atoms with Crippen LogP contribution in [0.15, 0.2) is 36.4 Å². The van der Waals surface area contributed by atoms with Crippen LogP contribution in [0.25, 0.3) is 12.2 Å². The molecule has 0 saturated carbocycles. The summed E-state index contributed by atoms with van der Waals surface area (Å²) in [6.45, 7) is 0. The van der Waals surface area contributed by atoms with E-state index in [-0.39, 0.29) is 0 Å². The van der Waals surface area contributed by atoms with Crippen LogP contribution in [0.4, 0.5) is 0 Å². The first-order valence-electron chi connectivity index (χ1n) is 6.70. The molecule has 0 N–H and O–H groups in total. The minimum atomic E-state index is 0.566. The Labute approximate surface area is 130 Å². The lowest BCUT2D eigenvalue weighted by atomic mass is 10.1. The van der Waals surface area contributed by atoms with Gasteiger partial charge in [-0.1, -0.05) is 18.2 Å². The van der Waals surface area contributed by atoms with Crippen molar-refractivity contribution in [3.63, 3.8) is 0 Å². The van der Waals surface area contributed by atoms with Crippen molar-refractivity contribution in [3.05, 3.63) is 53.1 Å². The number of nitrogens with zero attached hydrogens (tertiary/aromatic N) is 1. The predicted molar refractivity (Wildman–Crippen MR) is 86.2 cm³/mol. The second-order valence-corrected chi connectivity index (χ2v) is 4.51. The van der Waals surface area contributed by atoms with Crippen molar-refractivity contribution >= 4 is 12.2 Å². The average molecular weight is 295 g/mol. The van der Waals surface area contributed by atoms with Gasteiger partial charge in [0.25, 0.3) is 0 Å². The summed E-state index contributed by atoms with van der Waals surface area (Å²) in [5, 5.41) is 9.21. The Bertz CT molecular complexity index is 730. The molecule has 0 spiro atoms. The van der Waals surface area contributed by atoms with Crippen LogP contribution in [-0.2, 0) is 0 Å². The maximum atomic E-state index is 9.21. The lowest BCUT2D eigenvalue weighted by Gasteiger charge is -2.07. The maximum absolute atomic E-state index is 9.21. The van der Waals surface area contributed by atoms with Crippen molar-refractivity contribution in [1.82, 2.24) is 0 Å². The van der Waals surface area contributed by atoms with Gasteiger partial charge in [-0.05, 0) is 41.5 Å². The highest BCUT2D eigenvalue weighted by molar-refractivity contribution is 5.74. The second-order valence-electron chi connectivity index (χ2n) is 4.51. The van der Waals surface area contributed by atoms with E-state index in [0.29, 0.717) is 22.8 Å². The highest BCUT2D eigenvalue weighted by Gasteiger charge is 2.04. The molecule has 2 rings (SSSR count). The molecule has 0 aromatic heterocycles. The Kier molecular flexibility index (Phi) is 5.05. The molecule has 0 saturated heterocycles. The zero-order chi connectivity index (χ0) is 15.9. The van der Waals surface area contributed by atoms with Crippen LogP contribution >= 0.6 is 0 Å². The van der Waals surface area contributed by atoms with E-state index in [0.717, 1.165) is 11.1 Å². The number of hydrogen-bond acceptors (Lipinski definition) is 4. The number of ether oxygens (including phenoxy) is 3. The fourth-order valence-corrected chi connectivity index (χ4v) is 2.05. The van der Waals surface area contributed by atoms with E-state index in [1.54, 1.807) is 27.4 Å².